The molecule has 12 heteroatoms. The van der Waals surface area contributed by atoms with Crippen molar-refractivity contribution in [2.45, 2.75) is 186 Å². The van der Waals surface area contributed by atoms with Gasteiger partial charge in [0.05, 0.1) is 31.0 Å². The molecule has 0 amide bonds. The molecule has 4 aliphatic carbocycles. The Hall–Kier alpha value is -1.00. The molecule has 20 atom stereocenters. The second-order valence-corrected chi connectivity index (χ2v) is 19.6. The third-order valence-corrected chi connectivity index (χ3v) is 16.0. The lowest BCUT2D eigenvalue weighted by Gasteiger charge is -2.72. The molecular formula is C42H70O12. The van der Waals surface area contributed by atoms with Gasteiger partial charge < -0.3 is 59.8 Å². The maximum Gasteiger partial charge on any atom is 0.187 e. The zero-order valence-corrected chi connectivity index (χ0v) is 33.7. The van der Waals surface area contributed by atoms with Gasteiger partial charge in [0.1, 0.15) is 42.7 Å². The van der Waals surface area contributed by atoms with Crippen LogP contribution in [0.25, 0.3) is 0 Å². The Morgan fingerprint density at radius 1 is 0.815 bits per heavy atom. The van der Waals surface area contributed by atoms with Crippen LogP contribution in [0.4, 0.5) is 0 Å². The van der Waals surface area contributed by atoms with Crippen LogP contribution in [0.15, 0.2) is 23.8 Å². The van der Waals surface area contributed by atoms with Gasteiger partial charge in [-0.1, -0.05) is 58.4 Å². The molecule has 20 unspecified atom stereocenters. The van der Waals surface area contributed by atoms with Crippen LogP contribution in [0.5, 0.6) is 0 Å². The van der Waals surface area contributed by atoms with Crippen molar-refractivity contribution in [2.24, 2.45) is 45.3 Å². The maximum atomic E-state index is 12.2. The van der Waals surface area contributed by atoms with Crippen molar-refractivity contribution in [3.05, 3.63) is 23.8 Å². The van der Waals surface area contributed by atoms with Gasteiger partial charge in [-0.15, -0.1) is 0 Å². The lowest BCUT2D eigenvalue weighted by molar-refractivity contribution is -0.381. The zero-order chi connectivity index (χ0) is 39.9. The fourth-order valence-corrected chi connectivity index (χ4v) is 13.0. The highest BCUT2D eigenvalue weighted by atomic mass is 16.8. The summed E-state index contributed by atoms with van der Waals surface area (Å²) in [6.07, 6.45) is -7.55. The molecule has 0 aromatic rings. The van der Waals surface area contributed by atoms with E-state index in [4.69, 9.17) is 18.9 Å². The Balaban J connectivity index is 1.37. The van der Waals surface area contributed by atoms with E-state index in [0.717, 1.165) is 32.1 Å². The van der Waals surface area contributed by atoms with Gasteiger partial charge in [0.15, 0.2) is 12.6 Å². The molecule has 2 saturated heterocycles. The van der Waals surface area contributed by atoms with Crippen LogP contribution in [0, 0.1) is 45.3 Å². The highest BCUT2D eigenvalue weighted by Crippen LogP contribution is 2.76. The first-order valence-corrected chi connectivity index (χ1v) is 20.4. The Labute approximate surface area is 321 Å². The van der Waals surface area contributed by atoms with Gasteiger partial charge in [0.25, 0.3) is 0 Å². The van der Waals surface area contributed by atoms with Gasteiger partial charge in [-0.3, -0.25) is 0 Å². The van der Waals surface area contributed by atoms with Crippen LogP contribution in [-0.4, -0.2) is 127 Å². The predicted octanol–water partition coefficient (Wildman–Crippen LogP) is 2.95. The monoisotopic (exact) mass is 766 g/mol. The Kier molecular flexibility index (Phi) is 12.1. The molecule has 2 aliphatic heterocycles. The normalized spacial score (nSPS) is 52.9. The van der Waals surface area contributed by atoms with Crippen LogP contribution < -0.4 is 0 Å². The van der Waals surface area contributed by atoms with E-state index in [2.05, 4.69) is 61.1 Å². The SMILES string of the molecule is C=C(CCC=C(C)C)C1CCC2(C)C1C(O)CC1C3(C)CCC(O)C(C)(C)C3C(OC3OC(CO)C(O)C(O)C3OC3OC(C)C(O)C(O)C3O)CC12C. The molecule has 0 spiro atoms. The molecule has 12 nitrogen and oxygen atoms in total. The third kappa shape index (κ3) is 6.79. The van der Waals surface area contributed by atoms with E-state index < -0.39 is 91.7 Å². The Bertz CT molecular complexity index is 1380. The zero-order valence-electron chi connectivity index (χ0n) is 33.7. The van der Waals surface area contributed by atoms with Gasteiger partial charge in [-0.25, -0.2) is 0 Å². The molecule has 310 valence electrons. The largest absolute Gasteiger partial charge is 0.394 e. The fourth-order valence-electron chi connectivity index (χ4n) is 13.0. The summed E-state index contributed by atoms with van der Waals surface area (Å²) < 4.78 is 25.2. The lowest BCUT2D eigenvalue weighted by atomic mass is 9.34. The number of hydrogen-bond donors (Lipinski definition) is 8. The molecule has 8 N–H and O–H groups in total. The highest BCUT2D eigenvalue weighted by molar-refractivity contribution is 5.24. The second kappa shape index (κ2) is 15.3. The molecule has 0 aromatic carbocycles. The molecule has 6 rings (SSSR count). The smallest absolute Gasteiger partial charge is 0.187 e. The van der Waals surface area contributed by atoms with Crippen LogP contribution in [0.1, 0.15) is 107 Å². The molecule has 0 radical (unpaired) electrons. The van der Waals surface area contributed by atoms with Crippen molar-refractivity contribution in [2.75, 3.05) is 6.61 Å². The van der Waals surface area contributed by atoms with E-state index >= 15 is 0 Å². The molecule has 54 heavy (non-hydrogen) atoms. The van der Waals surface area contributed by atoms with E-state index in [1.807, 2.05) is 0 Å². The number of rotatable bonds is 9. The van der Waals surface area contributed by atoms with E-state index in [9.17, 15) is 40.9 Å². The van der Waals surface area contributed by atoms with Crippen molar-refractivity contribution in [1.82, 2.24) is 0 Å². The summed E-state index contributed by atoms with van der Waals surface area (Å²) in [6.45, 7) is 20.8. The number of aliphatic hydroxyl groups is 8. The average molecular weight is 767 g/mol. The lowest BCUT2D eigenvalue weighted by Crippen LogP contribution is -2.71. The number of aliphatic hydroxyl groups excluding tert-OH is 8. The van der Waals surface area contributed by atoms with Gasteiger partial charge >= 0.3 is 0 Å². The van der Waals surface area contributed by atoms with E-state index in [0.29, 0.717) is 19.3 Å². The summed E-state index contributed by atoms with van der Waals surface area (Å²) in [5, 5.41) is 88.2. The molecule has 4 saturated carbocycles. The van der Waals surface area contributed by atoms with Crippen LogP contribution in [0.3, 0.4) is 0 Å². The summed E-state index contributed by atoms with van der Waals surface area (Å²) in [5.74, 6) is 0.0623. The van der Waals surface area contributed by atoms with Crippen LogP contribution in [0.2, 0.25) is 0 Å². The number of hydrogen-bond acceptors (Lipinski definition) is 12. The van der Waals surface area contributed by atoms with E-state index in [1.165, 1.54) is 18.1 Å². The van der Waals surface area contributed by atoms with Gasteiger partial charge in [-0.2, -0.15) is 0 Å². The van der Waals surface area contributed by atoms with Crippen molar-refractivity contribution < 1.29 is 59.8 Å². The minimum Gasteiger partial charge on any atom is -0.394 e. The summed E-state index contributed by atoms with van der Waals surface area (Å²) in [6, 6.07) is 0. The maximum absolute atomic E-state index is 12.2. The number of ether oxygens (including phenoxy) is 4. The summed E-state index contributed by atoms with van der Waals surface area (Å²) in [5.41, 5.74) is 0.837. The summed E-state index contributed by atoms with van der Waals surface area (Å²) >= 11 is 0. The van der Waals surface area contributed by atoms with Crippen molar-refractivity contribution in [1.29, 1.82) is 0 Å². The molecule has 0 bridgehead atoms. The van der Waals surface area contributed by atoms with Crippen molar-refractivity contribution >= 4 is 0 Å². The molecular weight excluding hydrogens is 696 g/mol. The summed E-state index contributed by atoms with van der Waals surface area (Å²) in [4.78, 5) is 0. The second-order valence-electron chi connectivity index (χ2n) is 19.6. The first kappa shape index (κ1) is 42.6. The highest BCUT2D eigenvalue weighted by Gasteiger charge is 2.73. The van der Waals surface area contributed by atoms with Crippen molar-refractivity contribution in [3.63, 3.8) is 0 Å². The minimum absolute atomic E-state index is 0.00685. The van der Waals surface area contributed by atoms with Crippen LogP contribution >= 0.6 is 0 Å². The molecule has 2 heterocycles. The van der Waals surface area contributed by atoms with Gasteiger partial charge in [-0.05, 0) is 117 Å². The minimum atomic E-state index is -1.68. The quantitative estimate of drug-likeness (QED) is 0.126. The van der Waals surface area contributed by atoms with Gasteiger partial charge in [0.2, 0.25) is 0 Å². The van der Waals surface area contributed by atoms with E-state index in [-0.39, 0.29) is 39.9 Å². The Morgan fingerprint density at radius 2 is 1.50 bits per heavy atom. The average Bonchev–Trinajstić information content (AvgIpc) is 3.48. The molecule has 0 aromatic heterocycles. The van der Waals surface area contributed by atoms with E-state index in [1.54, 1.807) is 0 Å². The predicted molar refractivity (Wildman–Crippen MR) is 199 cm³/mol. The van der Waals surface area contributed by atoms with Gasteiger partial charge in [0, 0.05) is 0 Å². The number of allylic oxidation sites excluding steroid dienone is 3. The first-order chi connectivity index (χ1) is 25.1. The standard InChI is InChI=1S/C42H70O12/c1-20(2)11-10-12-21(3)23-13-16-41(8)29(23)24(44)17-27-40(7)15-14-28(45)39(5,6)36(40)25(18-42(27,41)9)52-38-35(33(49)31(47)26(19-43)53-38)54-37-34(50)32(48)30(46)22(4)51-37/h11,22-38,43-50H,3,10,12-19H2,1-2,4-9H3. The molecule has 6 aliphatic rings. The van der Waals surface area contributed by atoms with Crippen molar-refractivity contribution in [3.8, 4) is 0 Å². The Morgan fingerprint density at radius 3 is 2.15 bits per heavy atom. The fraction of sp³-hybridized carbons (Fsp3) is 0.905. The summed E-state index contributed by atoms with van der Waals surface area (Å²) in [7, 11) is 0. The van der Waals surface area contributed by atoms with Crippen LogP contribution in [-0.2, 0) is 18.9 Å². The first-order valence-electron chi connectivity index (χ1n) is 20.4. The molecule has 6 fully saturated rings. The number of fused-ring (bicyclic) bond motifs is 5. The topological polar surface area (TPSA) is 199 Å². The third-order valence-electron chi connectivity index (χ3n) is 16.0.